The summed E-state index contributed by atoms with van der Waals surface area (Å²) in [5.74, 6) is 0.429. The van der Waals surface area contributed by atoms with Crippen LogP contribution in [0.1, 0.15) is 5.56 Å². The fraction of sp³-hybridized carbons (Fsp3) is 0.667. The Morgan fingerprint density at radius 2 is 1.96 bits per heavy atom. The molecular weight excluding hydrogens is 316 g/mol. The van der Waals surface area contributed by atoms with E-state index in [9.17, 15) is 13.5 Å². The van der Waals surface area contributed by atoms with Gasteiger partial charge in [-0.25, -0.2) is 17.7 Å². The van der Waals surface area contributed by atoms with Crippen LogP contribution in [0.15, 0.2) is 18.3 Å². The summed E-state index contributed by atoms with van der Waals surface area (Å²) in [7, 11) is 3.71. The zero-order valence-corrected chi connectivity index (χ0v) is 15.0. The van der Waals surface area contributed by atoms with Crippen molar-refractivity contribution < 1.29 is 13.5 Å². The molecule has 0 aromatic carbocycles. The van der Waals surface area contributed by atoms with Gasteiger partial charge >= 0.3 is 0 Å². The predicted molar refractivity (Wildman–Crippen MR) is 90.8 cm³/mol. The summed E-state index contributed by atoms with van der Waals surface area (Å²) in [6.45, 7) is 1.72. The minimum absolute atomic E-state index is 0.0453. The monoisotopic (exact) mass is 342 g/mol. The molecule has 0 bridgehead atoms. The van der Waals surface area contributed by atoms with Crippen molar-refractivity contribution in [1.29, 1.82) is 0 Å². The van der Waals surface area contributed by atoms with Gasteiger partial charge < -0.3 is 14.9 Å². The maximum absolute atomic E-state index is 12.0. The molecule has 2 rings (SSSR count). The van der Waals surface area contributed by atoms with Gasteiger partial charge in [0.25, 0.3) is 0 Å². The Morgan fingerprint density at radius 1 is 1.26 bits per heavy atom. The van der Waals surface area contributed by atoms with E-state index >= 15 is 0 Å². The Kier molecular flexibility index (Phi) is 5.61. The molecule has 1 fully saturated rings. The number of aliphatic hydroxyl groups excluding tert-OH is 1. The molecule has 1 aliphatic rings. The largest absolute Gasteiger partial charge is 0.391 e. The molecule has 1 N–H and O–H groups in total. The first-order valence-corrected chi connectivity index (χ1v) is 9.23. The standard InChI is InChI=1S/C15H26N4O3S/c1-17(2)8-12-5-6-15(16-7-12)19-9-13(14(20)10-19)11-23(21,22)18(3)4/h5-7,13-14,20H,8-11H2,1-4H3/t13-,14-/m0/s1. The van der Waals surface area contributed by atoms with Crippen molar-refractivity contribution in [2.24, 2.45) is 5.92 Å². The normalized spacial score (nSPS) is 22.3. The highest BCUT2D eigenvalue weighted by Crippen LogP contribution is 2.24. The topological polar surface area (TPSA) is 77.0 Å². The van der Waals surface area contributed by atoms with Crippen LogP contribution in [0.5, 0.6) is 0 Å². The van der Waals surface area contributed by atoms with Gasteiger partial charge in [-0.1, -0.05) is 6.07 Å². The molecule has 7 nitrogen and oxygen atoms in total. The van der Waals surface area contributed by atoms with Crippen LogP contribution in [0.3, 0.4) is 0 Å². The fourth-order valence-corrected chi connectivity index (χ4v) is 3.85. The Hall–Kier alpha value is -1.22. The number of anilines is 1. The molecule has 1 saturated heterocycles. The van der Waals surface area contributed by atoms with Crippen molar-refractivity contribution in [2.75, 3.05) is 51.9 Å². The third-order valence-corrected chi connectivity index (χ3v) is 5.98. The second-order valence-electron chi connectivity index (χ2n) is 6.56. The average Bonchev–Trinajstić information content (AvgIpc) is 2.79. The lowest BCUT2D eigenvalue weighted by molar-refractivity contribution is 0.157. The molecule has 0 radical (unpaired) electrons. The maximum Gasteiger partial charge on any atom is 0.214 e. The van der Waals surface area contributed by atoms with Crippen LogP contribution >= 0.6 is 0 Å². The second kappa shape index (κ2) is 7.12. The SMILES string of the molecule is CN(C)Cc1ccc(N2C[C@@H](CS(=O)(=O)N(C)C)[C@@H](O)C2)nc1. The molecule has 2 heterocycles. The van der Waals surface area contributed by atoms with Crippen LogP contribution in [0, 0.1) is 5.92 Å². The van der Waals surface area contributed by atoms with Gasteiger partial charge in [0, 0.05) is 45.8 Å². The van der Waals surface area contributed by atoms with Gasteiger partial charge in [0.05, 0.1) is 11.9 Å². The van der Waals surface area contributed by atoms with Crippen LogP contribution in [0.2, 0.25) is 0 Å². The highest BCUT2D eigenvalue weighted by molar-refractivity contribution is 7.89. The van der Waals surface area contributed by atoms with E-state index in [0.717, 1.165) is 17.9 Å². The van der Waals surface area contributed by atoms with E-state index in [-0.39, 0.29) is 11.7 Å². The quantitative estimate of drug-likeness (QED) is 0.774. The fourth-order valence-electron chi connectivity index (χ4n) is 2.69. The van der Waals surface area contributed by atoms with E-state index < -0.39 is 16.1 Å². The third kappa shape index (κ3) is 4.63. The maximum atomic E-state index is 12.0. The van der Waals surface area contributed by atoms with Gasteiger partial charge in [0.2, 0.25) is 10.0 Å². The summed E-state index contributed by atoms with van der Waals surface area (Å²) in [5, 5.41) is 10.2. The molecule has 8 heteroatoms. The van der Waals surface area contributed by atoms with E-state index in [1.807, 2.05) is 37.3 Å². The van der Waals surface area contributed by atoms with Crippen LogP contribution in [0.4, 0.5) is 5.82 Å². The molecule has 1 aromatic rings. The first kappa shape index (κ1) is 18.1. The number of hydrogen-bond acceptors (Lipinski definition) is 6. The lowest BCUT2D eigenvalue weighted by Gasteiger charge is -2.19. The summed E-state index contributed by atoms with van der Waals surface area (Å²) in [5.41, 5.74) is 1.12. The van der Waals surface area contributed by atoms with E-state index in [4.69, 9.17) is 0 Å². The first-order chi connectivity index (χ1) is 10.7. The summed E-state index contributed by atoms with van der Waals surface area (Å²) in [4.78, 5) is 8.45. The molecule has 1 aromatic heterocycles. The minimum Gasteiger partial charge on any atom is -0.391 e. The van der Waals surface area contributed by atoms with Crippen molar-refractivity contribution in [3.8, 4) is 0 Å². The molecule has 130 valence electrons. The second-order valence-corrected chi connectivity index (χ2v) is 8.78. The van der Waals surface area contributed by atoms with Crippen molar-refractivity contribution in [2.45, 2.75) is 12.6 Å². The number of hydrogen-bond donors (Lipinski definition) is 1. The zero-order valence-electron chi connectivity index (χ0n) is 14.2. The highest BCUT2D eigenvalue weighted by Gasteiger charge is 2.35. The summed E-state index contributed by atoms with van der Waals surface area (Å²) in [6.07, 6.45) is 1.17. The number of aliphatic hydroxyl groups is 1. The van der Waals surface area contributed by atoms with Gasteiger partial charge in [-0.15, -0.1) is 0 Å². The van der Waals surface area contributed by atoms with E-state index in [1.54, 1.807) is 0 Å². The van der Waals surface area contributed by atoms with Gasteiger partial charge in [-0.05, 0) is 25.7 Å². The number of nitrogens with zero attached hydrogens (tertiary/aromatic N) is 4. The van der Waals surface area contributed by atoms with Crippen molar-refractivity contribution in [1.82, 2.24) is 14.2 Å². The third-order valence-electron chi connectivity index (χ3n) is 4.02. The van der Waals surface area contributed by atoms with E-state index in [0.29, 0.717) is 13.1 Å². The molecule has 1 aliphatic heterocycles. The molecule has 0 saturated carbocycles. The number of rotatable bonds is 6. The molecule has 2 atom stereocenters. The van der Waals surface area contributed by atoms with Crippen LogP contribution in [0.25, 0.3) is 0 Å². The molecule has 0 spiro atoms. The predicted octanol–water partition coefficient (Wildman–Crippen LogP) is -0.168. The van der Waals surface area contributed by atoms with Crippen LogP contribution in [-0.2, 0) is 16.6 Å². The molecule has 0 amide bonds. The first-order valence-electron chi connectivity index (χ1n) is 7.62. The van der Waals surface area contributed by atoms with Crippen LogP contribution < -0.4 is 4.90 Å². The minimum atomic E-state index is -3.32. The summed E-state index contributed by atoms with van der Waals surface area (Å²) >= 11 is 0. The number of pyridine rings is 1. The molecular formula is C15H26N4O3S. The number of sulfonamides is 1. The van der Waals surface area contributed by atoms with Gasteiger partial charge in [0.1, 0.15) is 5.82 Å². The smallest absolute Gasteiger partial charge is 0.214 e. The average molecular weight is 342 g/mol. The Labute approximate surface area is 138 Å². The Balaban J connectivity index is 2.03. The summed E-state index contributed by atoms with van der Waals surface area (Å²) in [6, 6.07) is 3.94. The Morgan fingerprint density at radius 3 is 2.48 bits per heavy atom. The summed E-state index contributed by atoms with van der Waals surface area (Å²) < 4.78 is 25.2. The van der Waals surface area contributed by atoms with E-state index in [1.165, 1.54) is 18.4 Å². The van der Waals surface area contributed by atoms with Gasteiger partial charge in [0.15, 0.2) is 0 Å². The van der Waals surface area contributed by atoms with Gasteiger partial charge in [-0.2, -0.15) is 0 Å². The molecule has 23 heavy (non-hydrogen) atoms. The highest BCUT2D eigenvalue weighted by atomic mass is 32.2. The van der Waals surface area contributed by atoms with Gasteiger partial charge in [-0.3, -0.25) is 0 Å². The van der Waals surface area contributed by atoms with Crippen molar-refractivity contribution >= 4 is 15.8 Å². The zero-order chi connectivity index (χ0) is 17.2. The van der Waals surface area contributed by atoms with E-state index in [2.05, 4.69) is 9.88 Å². The molecule has 0 unspecified atom stereocenters. The molecule has 0 aliphatic carbocycles. The number of β-amino-alcohol motifs (C(OH)–C–C–N with tert-alkyl or cyclic N) is 1. The van der Waals surface area contributed by atoms with Crippen LogP contribution in [-0.4, -0.2) is 80.9 Å². The Bertz CT molecular complexity index is 616. The lowest BCUT2D eigenvalue weighted by Crippen LogP contribution is -2.33. The van der Waals surface area contributed by atoms with Crippen molar-refractivity contribution in [3.05, 3.63) is 23.9 Å². The van der Waals surface area contributed by atoms with Crippen molar-refractivity contribution in [3.63, 3.8) is 0 Å². The number of aromatic nitrogens is 1. The lowest BCUT2D eigenvalue weighted by atomic mass is 10.1.